The second kappa shape index (κ2) is 20.1. The molecule has 0 saturated heterocycles. The second-order valence-electron chi connectivity index (χ2n) is 8.79. The molecule has 4 nitrogen and oxygen atoms in total. The highest BCUT2D eigenvalue weighted by Crippen LogP contribution is 2.12. The predicted molar refractivity (Wildman–Crippen MR) is 118 cm³/mol. The number of hydrogen-bond acceptors (Lipinski definition) is 4. The first-order chi connectivity index (χ1) is 13.5. The lowest BCUT2D eigenvalue weighted by atomic mass is 9.99. The summed E-state index contributed by atoms with van der Waals surface area (Å²) in [5.74, 6) is 0.971. The number of ether oxygens (including phenoxy) is 3. The summed E-state index contributed by atoms with van der Waals surface area (Å²) < 4.78 is 16.7. The Morgan fingerprint density at radius 1 is 0.679 bits per heavy atom. The zero-order valence-electron chi connectivity index (χ0n) is 18.7. The molecular weight excluding hydrogens is 376 g/mol. The lowest BCUT2D eigenvalue weighted by Gasteiger charge is -2.17. The van der Waals surface area contributed by atoms with Gasteiger partial charge in [0.05, 0.1) is 6.61 Å². The Hall–Kier alpha value is -0.160. The summed E-state index contributed by atoms with van der Waals surface area (Å²) in [6.45, 7) is 10.5. The minimum Gasteiger partial charge on any atom is -0.381 e. The topological polar surface area (TPSA) is 44.8 Å². The van der Waals surface area contributed by atoms with Gasteiger partial charge in [-0.15, -0.1) is 11.6 Å². The van der Waals surface area contributed by atoms with E-state index in [4.69, 9.17) is 25.8 Å². The summed E-state index contributed by atoms with van der Waals surface area (Å²) >= 11 is 5.65. The zero-order valence-corrected chi connectivity index (χ0v) is 19.5. The van der Waals surface area contributed by atoms with Gasteiger partial charge in [0.1, 0.15) is 6.61 Å². The molecule has 0 saturated carbocycles. The van der Waals surface area contributed by atoms with Crippen molar-refractivity contribution >= 4 is 17.4 Å². The van der Waals surface area contributed by atoms with Crippen molar-refractivity contribution in [2.45, 2.75) is 91.4 Å². The predicted octanol–water partition coefficient (Wildman–Crippen LogP) is 6.18. The van der Waals surface area contributed by atoms with Crippen molar-refractivity contribution < 1.29 is 19.0 Å². The maximum Gasteiger partial charge on any atom is 0.158 e. The summed E-state index contributed by atoms with van der Waals surface area (Å²) in [5, 5.41) is 0. The van der Waals surface area contributed by atoms with Crippen molar-refractivity contribution in [2.75, 3.05) is 45.5 Å². The fourth-order valence-corrected chi connectivity index (χ4v) is 2.88. The highest BCUT2D eigenvalue weighted by Gasteiger charge is 2.11. The van der Waals surface area contributed by atoms with Gasteiger partial charge in [0, 0.05) is 38.7 Å². The third-order valence-electron chi connectivity index (χ3n) is 4.29. The highest BCUT2D eigenvalue weighted by atomic mass is 35.5. The molecule has 0 fully saturated rings. The monoisotopic (exact) mass is 420 g/mol. The van der Waals surface area contributed by atoms with Crippen LogP contribution < -0.4 is 0 Å². The van der Waals surface area contributed by atoms with Crippen LogP contribution in [0.25, 0.3) is 0 Å². The number of alkyl halides is 1. The third-order valence-corrected chi connectivity index (χ3v) is 4.56. The number of carbonyl (C=O) groups is 1. The molecule has 28 heavy (non-hydrogen) atoms. The zero-order chi connectivity index (χ0) is 20.9. The highest BCUT2D eigenvalue weighted by molar-refractivity contribution is 6.17. The number of hydrogen-bond donors (Lipinski definition) is 0. The molecular formula is C23H45ClO4. The Labute approximate surface area is 179 Å². The molecule has 0 aromatic heterocycles. The van der Waals surface area contributed by atoms with Crippen molar-refractivity contribution in [2.24, 2.45) is 5.41 Å². The number of carbonyl (C=O) groups excluding carboxylic acids is 1. The van der Waals surface area contributed by atoms with Crippen molar-refractivity contribution in [3.63, 3.8) is 0 Å². The van der Waals surface area contributed by atoms with Crippen LogP contribution in [0.2, 0.25) is 0 Å². The van der Waals surface area contributed by atoms with Gasteiger partial charge in [-0.05, 0) is 43.9 Å². The number of Topliss-reactive ketones (excluding diaryl/α,β-unsaturated/α-hetero) is 1. The Kier molecular flexibility index (Phi) is 20.0. The van der Waals surface area contributed by atoms with Gasteiger partial charge in [0.2, 0.25) is 0 Å². The van der Waals surface area contributed by atoms with E-state index >= 15 is 0 Å². The maximum atomic E-state index is 11.7. The number of halogens is 1. The third kappa shape index (κ3) is 23.9. The molecule has 0 aliphatic carbocycles. The Balaban J connectivity index is 3.15. The van der Waals surface area contributed by atoms with E-state index in [2.05, 4.69) is 20.8 Å². The molecule has 0 spiro atoms. The van der Waals surface area contributed by atoms with E-state index in [1.54, 1.807) is 0 Å². The van der Waals surface area contributed by atoms with E-state index in [0.29, 0.717) is 13.0 Å². The minimum atomic E-state index is 0.116. The van der Waals surface area contributed by atoms with Gasteiger partial charge in [-0.1, -0.05) is 46.5 Å². The van der Waals surface area contributed by atoms with Crippen molar-refractivity contribution in [3.8, 4) is 0 Å². The normalized spacial score (nSPS) is 11.9. The molecule has 0 rings (SSSR count). The van der Waals surface area contributed by atoms with E-state index in [-0.39, 0.29) is 17.8 Å². The van der Waals surface area contributed by atoms with Crippen molar-refractivity contribution in [1.29, 1.82) is 0 Å². The van der Waals surface area contributed by atoms with E-state index in [0.717, 1.165) is 70.8 Å². The number of rotatable bonds is 21. The molecule has 168 valence electrons. The molecule has 0 amide bonds. The van der Waals surface area contributed by atoms with Crippen LogP contribution in [0.4, 0.5) is 0 Å². The van der Waals surface area contributed by atoms with Crippen LogP contribution >= 0.6 is 11.6 Å². The summed E-state index contributed by atoms with van der Waals surface area (Å²) in [6.07, 6.45) is 11.8. The summed E-state index contributed by atoms with van der Waals surface area (Å²) in [4.78, 5) is 11.7. The van der Waals surface area contributed by atoms with E-state index in [1.807, 2.05) is 0 Å². The van der Waals surface area contributed by atoms with E-state index in [1.165, 1.54) is 25.7 Å². The lowest BCUT2D eigenvalue weighted by molar-refractivity contribution is -0.124. The molecule has 0 aromatic carbocycles. The summed E-state index contributed by atoms with van der Waals surface area (Å²) in [6, 6.07) is 0. The first kappa shape index (κ1) is 27.8. The van der Waals surface area contributed by atoms with Crippen LogP contribution in [0.1, 0.15) is 91.4 Å². The van der Waals surface area contributed by atoms with Crippen LogP contribution in [0.5, 0.6) is 0 Å². The van der Waals surface area contributed by atoms with Gasteiger partial charge < -0.3 is 14.2 Å². The van der Waals surface area contributed by atoms with Gasteiger partial charge in [0.15, 0.2) is 5.78 Å². The van der Waals surface area contributed by atoms with Crippen molar-refractivity contribution in [3.05, 3.63) is 0 Å². The molecule has 0 heterocycles. The van der Waals surface area contributed by atoms with Gasteiger partial charge in [0.25, 0.3) is 0 Å². The van der Waals surface area contributed by atoms with Crippen LogP contribution in [-0.4, -0.2) is 51.3 Å². The van der Waals surface area contributed by atoms with Crippen LogP contribution in [0.15, 0.2) is 0 Å². The first-order valence-corrected chi connectivity index (χ1v) is 11.8. The molecule has 0 bridgehead atoms. The minimum absolute atomic E-state index is 0.116. The molecule has 0 aromatic rings. The molecule has 0 atom stereocenters. The molecule has 0 N–H and O–H groups in total. The van der Waals surface area contributed by atoms with Gasteiger partial charge in [-0.25, -0.2) is 0 Å². The largest absolute Gasteiger partial charge is 0.381 e. The van der Waals surface area contributed by atoms with Crippen molar-refractivity contribution in [1.82, 2.24) is 0 Å². The Bertz CT molecular complexity index is 342. The first-order valence-electron chi connectivity index (χ1n) is 11.3. The molecule has 0 aliphatic heterocycles. The van der Waals surface area contributed by atoms with Gasteiger partial charge in [-0.2, -0.15) is 0 Å². The average molecular weight is 421 g/mol. The van der Waals surface area contributed by atoms with E-state index in [9.17, 15) is 4.79 Å². The van der Waals surface area contributed by atoms with Crippen LogP contribution in [-0.2, 0) is 19.0 Å². The lowest BCUT2D eigenvalue weighted by Crippen LogP contribution is -2.18. The van der Waals surface area contributed by atoms with Gasteiger partial charge in [-0.3, -0.25) is 4.79 Å². The fourth-order valence-electron chi connectivity index (χ4n) is 2.69. The number of unbranched alkanes of at least 4 members (excludes halogenated alkanes) is 7. The van der Waals surface area contributed by atoms with Gasteiger partial charge >= 0.3 is 0 Å². The Morgan fingerprint density at radius 2 is 1.14 bits per heavy atom. The van der Waals surface area contributed by atoms with Crippen LogP contribution in [0, 0.1) is 5.41 Å². The molecule has 0 radical (unpaired) electrons. The quantitative estimate of drug-likeness (QED) is 0.164. The van der Waals surface area contributed by atoms with Crippen LogP contribution in [0.3, 0.4) is 0 Å². The standard InChI is InChI=1S/C23H45ClO4/c1-23(2,3)21-28-20-22(25)14-8-13-19-27-18-12-7-6-11-17-26-16-10-5-4-9-15-24/h4-21H2,1-3H3. The second-order valence-corrected chi connectivity index (χ2v) is 9.17. The molecule has 0 unspecified atom stereocenters. The summed E-state index contributed by atoms with van der Waals surface area (Å²) in [5.41, 5.74) is 0.116. The fraction of sp³-hybridized carbons (Fsp3) is 0.957. The SMILES string of the molecule is CC(C)(C)COCC(=O)CCCCOCCCCCCOCCCCCCCl. The average Bonchev–Trinajstić information content (AvgIpc) is 2.63. The Morgan fingerprint density at radius 3 is 1.61 bits per heavy atom. The number of ketones is 1. The van der Waals surface area contributed by atoms with E-state index < -0.39 is 0 Å². The molecule has 0 aliphatic rings. The maximum absolute atomic E-state index is 11.7. The summed E-state index contributed by atoms with van der Waals surface area (Å²) in [7, 11) is 0. The molecule has 5 heteroatoms. The smallest absolute Gasteiger partial charge is 0.158 e.